The molecule has 0 bridgehead atoms. The van der Waals surface area contributed by atoms with Crippen LogP contribution in [0, 0.1) is 0 Å². The van der Waals surface area contributed by atoms with Crippen molar-refractivity contribution in [2.75, 3.05) is 11.5 Å². The average Bonchev–Trinajstić information content (AvgIpc) is 2.34. The van der Waals surface area contributed by atoms with Gasteiger partial charge in [-0.3, -0.25) is 4.21 Å². The first kappa shape index (κ1) is 8.90. The first-order chi connectivity index (χ1) is 4.74. The highest BCUT2D eigenvalue weighted by atomic mass is 32.8. The van der Waals surface area contributed by atoms with Crippen molar-refractivity contribution in [3.8, 4) is 0 Å². The molecular formula is C5H8OS4. The number of hydrogen-bond donors (Lipinski definition) is 0. The van der Waals surface area contributed by atoms with E-state index in [9.17, 15) is 4.21 Å². The zero-order chi connectivity index (χ0) is 7.56. The predicted octanol–water partition coefficient (Wildman–Crippen LogP) is 0.545. The minimum atomic E-state index is -0.601. The molecule has 1 saturated heterocycles. The van der Waals surface area contributed by atoms with Gasteiger partial charge >= 0.3 is 0 Å². The highest BCUT2D eigenvalue weighted by Crippen LogP contribution is 2.13. The highest BCUT2D eigenvalue weighted by Gasteiger charge is 2.22. The molecule has 3 unspecified atom stereocenters. The monoisotopic (exact) mass is 212 g/mol. The van der Waals surface area contributed by atoms with E-state index in [1.54, 1.807) is 4.70 Å². The van der Waals surface area contributed by atoms with Gasteiger partial charge in [-0.25, -0.2) is 0 Å². The molecule has 0 N–H and O–H groups in total. The molecule has 0 aromatic carbocycles. The molecular weight excluding hydrogens is 204 g/mol. The lowest BCUT2D eigenvalue weighted by molar-refractivity contribution is 0.687. The van der Waals surface area contributed by atoms with E-state index in [0.29, 0.717) is 5.25 Å². The van der Waals surface area contributed by atoms with Crippen LogP contribution >= 0.6 is 12.2 Å². The SMILES string of the molecule is O=S1CCC(S(=S)C=S)C1. The van der Waals surface area contributed by atoms with Gasteiger partial charge in [0, 0.05) is 32.3 Å². The Bertz CT molecular complexity index is 188. The van der Waals surface area contributed by atoms with Crippen LogP contribution in [0.3, 0.4) is 0 Å². The minimum Gasteiger partial charge on any atom is -0.260 e. The molecule has 1 aliphatic heterocycles. The van der Waals surface area contributed by atoms with Crippen molar-refractivity contribution in [1.82, 2.24) is 0 Å². The highest BCUT2D eigenvalue weighted by molar-refractivity contribution is 8.40. The number of thiocarbonyl (C=S) groups is 1. The van der Waals surface area contributed by atoms with Crippen LogP contribution in [0.1, 0.15) is 6.42 Å². The smallest absolute Gasteiger partial charge is 0.0390 e. The van der Waals surface area contributed by atoms with E-state index in [2.05, 4.69) is 0 Å². The molecule has 0 radical (unpaired) electrons. The van der Waals surface area contributed by atoms with Crippen molar-refractivity contribution >= 4 is 48.4 Å². The van der Waals surface area contributed by atoms with Crippen molar-refractivity contribution in [1.29, 1.82) is 0 Å². The van der Waals surface area contributed by atoms with Crippen molar-refractivity contribution in [2.24, 2.45) is 0 Å². The second-order valence-corrected chi connectivity index (χ2v) is 7.02. The Hall–Kier alpha value is 0.810. The Kier molecular flexibility index (Phi) is 3.55. The Morgan fingerprint density at radius 1 is 1.70 bits per heavy atom. The molecule has 3 atom stereocenters. The molecule has 58 valence electrons. The predicted molar refractivity (Wildman–Crippen MR) is 54.7 cm³/mol. The van der Waals surface area contributed by atoms with Gasteiger partial charge in [-0.15, -0.1) is 0 Å². The first-order valence-electron chi connectivity index (χ1n) is 2.93. The molecule has 0 spiro atoms. The standard InChI is InChI=1S/C5H8OS4/c6-9-2-1-5(3-9)10(8)4-7/h4-5H,1-3H2. The van der Waals surface area contributed by atoms with Crippen LogP contribution in [0.4, 0.5) is 0 Å². The molecule has 0 aromatic heterocycles. The molecule has 0 saturated carbocycles. The lowest BCUT2D eigenvalue weighted by Gasteiger charge is -2.03. The summed E-state index contributed by atoms with van der Waals surface area (Å²) in [6.45, 7) is 0. The van der Waals surface area contributed by atoms with Gasteiger partial charge in [0.05, 0.1) is 0 Å². The van der Waals surface area contributed by atoms with Crippen molar-refractivity contribution in [2.45, 2.75) is 11.7 Å². The van der Waals surface area contributed by atoms with E-state index >= 15 is 0 Å². The largest absolute Gasteiger partial charge is 0.260 e. The molecule has 1 fully saturated rings. The Morgan fingerprint density at radius 2 is 2.40 bits per heavy atom. The van der Waals surface area contributed by atoms with E-state index < -0.39 is 10.8 Å². The molecule has 5 heteroatoms. The van der Waals surface area contributed by atoms with E-state index in [-0.39, 0.29) is 9.45 Å². The lowest BCUT2D eigenvalue weighted by atomic mass is 10.4. The van der Waals surface area contributed by atoms with Crippen LogP contribution in [0.2, 0.25) is 0 Å². The molecule has 0 aliphatic carbocycles. The zero-order valence-corrected chi connectivity index (χ0v) is 8.58. The fourth-order valence-electron chi connectivity index (χ4n) is 0.899. The quantitative estimate of drug-likeness (QED) is 0.622. The van der Waals surface area contributed by atoms with Crippen LogP contribution in [0.5, 0.6) is 0 Å². The summed E-state index contributed by atoms with van der Waals surface area (Å²) < 4.78 is 12.5. The topological polar surface area (TPSA) is 17.1 Å². The van der Waals surface area contributed by atoms with E-state index in [1.807, 2.05) is 0 Å². The second-order valence-electron chi connectivity index (χ2n) is 2.15. The van der Waals surface area contributed by atoms with Gasteiger partial charge in [-0.2, -0.15) is 0 Å². The summed E-state index contributed by atoms with van der Waals surface area (Å²) in [7, 11) is -0.794. The molecule has 1 rings (SSSR count). The fourth-order valence-corrected chi connectivity index (χ4v) is 5.10. The summed E-state index contributed by atoms with van der Waals surface area (Å²) >= 11 is 9.82. The summed E-state index contributed by atoms with van der Waals surface area (Å²) in [5.41, 5.74) is 0. The van der Waals surface area contributed by atoms with Crippen molar-refractivity contribution in [3.63, 3.8) is 0 Å². The normalized spacial score (nSPS) is 35.6. The van der Waals surface area contributed by atoms with Gasteiger partial charge in [-0.1, -0.05) is 21.7 Å². The van der Waals surface area contributed by atoms with Gasteiger partial charge in [0.15, 0.2) is 0 Å². The lowest BCUT2D eigenvalue weighted by Crippen LogP contribution is -2.13. The van der Waals surface area contributed by atoms with Gasteiger partial charge in [-0.05, 0) is 17.6 Å². The fraction of sp³-hybridized carbons (Fsp3) is 0.800. The van der Waals surface area contributed by atoms with E-state index in [1.165, 1.54) is 0 Å². The van der Waals surface area contributed by atoms with Crippen LogP contribution in [0.15, 0.2) is 0 Å². The van der Waals surface area contributed by atoms with Gasteiger partial charge in [0.25, 0.3) is 0 Å². The number of rotatable bonds is 2. The summed E-state index contributed by atoms with van der Waals surface area (Å²) in [5.74, 6) is 1.60. The third-order valence-electron chi connectivity index (χ3n) is 1.46. The van der Waals surface area contributed by atoms with Gasteiger partial charge in [0.1, 0.15) is 0 Å². The zero-order valence-electron chi connectivity index (χ0n) is 5.32. The van der Waals surface area contributed by atoms with Crippen LogP contribution in [-0.4, -0.2) is 25.7 Å². The molecule has 1 nitrogen and oxygen atoms in total. The molecule has 0 amide bonds. The third-order valence-corrected chi connectivity index (χ3v) is 6.48. The van der Waals surface area contributed by atoms with Crippen LogP contribution in [-0.2, 0) is 31.4 Å². The van der Waals surface area contributed by atoms with E-state index in [0.717, 1.165) is 17.9 Å². The van der Waals surface area contributed by atoms with Gasteiger partial charge in [0.2, 0.25) is 0 Å². The summed E-state index contributed by atoms with van der Waals surface area (Å²) in [6, 6.07) is 0. The first-order valence-corrected chi connectivity index (χ1v) is 7.17. The Labute approximate surface area is 75.6 Å². The molecule has 10 heavy (non-hydrogen) atoms. The molecule has 1 heterocycles. The maximum Gasteiger partial charge on any atom is 0.0390 e. The maximum atomic E-state index is 10.9. The molecule has 1 aliphatic rings. The Balaban J connectivity index is 2.52. The van der Waals surface area contributed by atoms with Crippen molar-refractivity contribution in [3.05, 3.63) is 0 Å². The van der Waals surface area contributed by atoms with Crippen LogP contribution in [0.25, 0.3) is 0 Å². The van der Waals surface area contributed by atoms with Crippen molar-refractivity contribution < 1.29 is 4.21 Å². The Morgan fingerprint density at radius 3 is 2.80 bits per heavy atom. The maximum absolute atomic E-state index is 10.9. The van der Waals surface area contributed by atoms with Gasteiger partial charge < -0.3 is 0 Å². The summed E-state index contributed by atoms with van der Waals surface area (Å²) in [6.07, 6.45) is 1.01. The summed E-state index contributed by atoms with van der Waals surface area (Å²) in [5, 5.41) is 0.438. The van der Waals surface area contributed by atoms with E-state index in [4.69, 9.17) is 23.4 Å². The number of hydrogen-bond acceptors (Lipinski definition) is 3. The third kappa shape index (κ3) is 2.15. The minimum absolute atomic E-state index is 0.193. The average molecular weight is 212 g/mol. The second kappa shape index (κ2) is 3.99. The molecule has 0 aromatic rings. The summed E-state index contributed by atoms with van der Waals surface area (Å²) in [4.78, 5) is 0. The van der Waals surface area contributed by atoms with Crippen LogP contribution < -0.4 is 0 Å².